The van der Waals surface area contributed by atoms with Crippen LogP contribution in [0.4, 0.5) is 15.8 Å². The maximum atomic E-state index is 13.4. The molecule has 19 heavy (non-hydrogen) atoms. The van der Waals surface area contributed by atoms with Crippen molar-refractivity contribution in [2.75, 3.05) is 30.7 Å². The Bertz CT molecular complexity index is 475. The molecule has 6 heteroatoms. The Morgan fingerprint density at radius 3 is 2.79 bits per heavy atom. The van der Waals surface area contributed by atoms with Crippen LogP contribution in [0.5, 0.6) is 0 Å². The number of halogens is 2. The standard InChI is InChI=1S/C13H17BrFN3O/c14-9-7-11(16)12(8-10(9)15)17-4-3-13(19)18-5-1-2-6-18/h7-8,17H,1-6,16H2. The third-order valence-electron chi connectivity index (χ3n) is 3.21. The van der Waals surface area contributed by atoms with Gasteiger partial charge in [0.05, 0.1) is 15.8 Å². The van der Waals surface area contributed by atoms with E-state index in [1.807, 2.05) is 4.90 Å². The second kappa shape index (κ2) is 6.23. The lowest BCUT2D eigenvalue weighted by molar-refractivity contribution is -0.129. The highest BCUT2D eigenvalue weighted by Gasteiger charge is 2.17. The van der Waals surface area contributed by atoms with E-state index in [9.17, 15) is 9.18 Å². The number of hydrogen-bond acceptors (Lipinski definition) is 3. The van der Waals surface area contributed by atoms with Gasteiger partial charge in [0, 0.05) is 32.1 Å². The van der Waals surface area contributed by atoms with E-state index in [2.05, 4.69) is 21.2 Å². The van der Waals surface area contributed by atoms with E-state index < -0.39 is 0 Å². The van der Waals surface area contributed by atoms with Gasteiger partial charge in [-0.15, -0.1) is 0 Å². The van der Waals surface area contributed by atoms with Crippen molar-refractivity contribution in [2.45, 2.75) is 19.3 Å². The molecule has 1 aromatic carbocycles. The average Bonchev–Trinajstić information content (AvgIpc) is 2.89. The summed E-state index contributed by atoms with van der Waals surface area (Å²) in [6.07, 6.45) is 2.57. The summed E-state index contributed by atoms with van der Waals surface area (Å²) in [4.78, 5) is 13.7. The number of nitrogens with one attached hydrogen (secondary N) is 1. The fourth-order valence-corrected chi connectivity index (χ4v) is 2.51. The van der Waals surface area contributed by atoms with Gasteiger partial charge in [-0.25, -0.2) is 4.39 Å². The van der Waals surface area contributed by atoms with Crippen LogP contribution in [0.25, 0.3) is 0 Å². The molecule has 4 nitrogen and oxygen atoms in total. The number of nitrogens with zero attached hydrogens (tertiary/aromatic N) is 1. The fraction of sp³-hybridized carbons (Fsp3) is 0.462. The Labute approximate surface area is 120 Å². The first-order valence-corrected chi connectivity index (χ1v) is 7.13. The molecule has 2 rings (SSSR count). The number of carbonyl (C=O) groups excluding carboxylic acids is 1. The Morgan fingerprint density at radius 2 is 2.11 bits per heavy atom. The molecule has 3 N–H and O–H groups in total. The summed E-state index contributed by atoms with van der Waals surface area (Å²) in [7, 11) is 0. The van der Waals surface area contributed by atoms with Crippen molar-refractivity contribution in [1.82, 2.24) is 4.90 Å². The second-order valence-corrected chi connectivity index (χ2v) is 5.47. The van der Waals surface area contributed by atoms with Crippen LogP contribution in [0.3, 0.4) is 0 Å². The summed E-state index contributed by atoms with van der Waals surface area (Å²) < 4.78 is 13.7. The molecule has 0 saturated carbocycles. The molecule has 1 heterocycles. The van der Waals surface area contributed by atoms with Crippen molar-refractivity contribution in [2.24, 2.45) is 0 Å². The lowest BCUT2D eigenvalue weighted by Gasteiger charge is -2.16. The number of anilines is 2. The predicted octanol–water partition coefficient (Wildman–Crippen LogP) is 2.59. The molecule has 104 valence electrons. The van der Waals surface area contributed by atoms with Crippen LogP contribution in [-0.2, 0) is 4.79 Å². The molecule has 0 aromatic heterocycles. The highest BCUT2D eigenvalue weighted by Crippen LogP contribution is 2.26. The number of carbonyl (C=O) groups is 1. The largest absolute Gasteiger partial charge is 0.397 e. The van der Waals surface area contributed by atoms with Gasteiger partial charge in [0.2, 0.25) is 5.91 Å². The molecule has 1 aliphatic heterocycles. The maximum absolute atomic E-state index is 13.4. The van der Waals surface area contributed by atoms with Gasteiger partial charge in [0.25, 0.3) is 0 Å². The van der Waals surface area contributed by atoms with Crippen molar-refractivity contribution in [1.29, 1.82) is 0 Å². The van der Waals surface area contributed by atoms with Crippen molar-refractivity contribution < 1.29 is 9.18 Å². The summed E-state index contributed by atoms with van der Waals surface area (Å²) in [5.74, 6) is -0.233. The lowest BCUT2D eigenvalue weighted by atomic mass is 10.2. The smallest absolute Gasteiger partial charge is 0.224 e. The van der Waals surface area contributed by atoms with E-state index in [0.29, 0.717) is 28.8 Å². The summed E-state index contributed by atoms with van der Waals surface area (Å²) >= 11 is 3.07. The minimum atomic E-state index is -0.373. The van der Waals surface area contributed by atoms with E-state index in [4.69, 9.17) is 5.73 Å². The molecule has 1 amide bonds. The molecule has 0 bridgehead atoms. The Balaban J connectivity index is 1.85. The number of nitrogen functional groups attached to an aromatic ring is 1. The molecule has 1 saturated heterocycles. The summed E-state index contributed by atoms with van der Waals surface area (Å²) in [5.41, 5.74) is 6.76. The highest BCUT2D eigenvalue weighted by atomic mass is 79.9. The third kappa shape index (κ3) is 3.59. The fourth-order valence-electron chi connectivity index (χ4n) is 2.14. The van der Waals surface area contributed by atoms with E-state index in [0.717, 1.165) is 25.9 Å². The van der Waals surface area contributed by atoms with Crippen molar-refractivity contribution in [3.05, 3.63) is 22.4 Å². The van der Waals surface area contributed by atoms with Crippen molar-refractivity contribution in [3.8, 4) is 0 Å². The van der Waals surface area contributed by atoms with Gasteiger partial charge in [0.15, 0.2) is 0 Å². The second-order valence-electron chi connectivity index (χ2n) is 4.62. The van der Waals surface area contributed by atoms with Crippen LogP contribution in [-0.4, -0.2) is 30.4 Å². The number of amides is 1. The van der Waals surface area contributed by atoms with E-state index in [-0.39, 0.29) is 11.7 Å². The van der Waals surface area contributed by atoms with Gasteiger partial charge >= 0.3 is 0 Å². The topological polar surface area (TPSA) is 58.4 Å². The van der Waals surface area contributed by atoms with Crippen molar-refractivity contribution >= 4 is 33.2 Å². The van der Waals surface area contributed by atoms with Gasteiger partial charge in [-0.1, -0.05) is 0 Å². The number of benzene rings is 1. The zero-order valence-corrected chi connectivity index (χ0v) is 12.2. The zero-order chi connectivity index (χ0) is 13.8. The van der Waals surface area contributed by atoms with Crippen LogP contribution in [0.2, 0.25) is 0 Å². The van der Waals surface area contributed by atoms with E-state index in [1.54, 1.807) is 0 Å². The SMILES string of the molecule is Nc1cc(Br)c(F)cc1NCCC(=O)N1CCCC1. The first-order chi connectivity index (χ1) is 9.08. The highest BCUT2D eigenvalue weighted by molar-refractivity contribution is 9.10. The molecule has 1 aromatic rings. The summed E-state index contributed by atoms with van der Waals surface area (Å²) in [6.45, 7) is 2.17. The van der Waals surface area contributed by atoms with E-state index in [1.165, 1.54) is 12.1 Å². The van der Waals surface area contributed by atoms with Gasteiger partial charge in [-0.05, 0) is 34.8 Å². The van der Waals surface area contributed by atoms with Crippen LogP contribution in [0.15, 0.2) is 16.6 Å². The van der Waals surface area contributed by atoms with Crippen LogP contribution < -0.4 is 11.1 Å². The molecular weight excluding hydrogens is 313 g/mol. The molecule has 1 aliphatic rings. The number of likely N-dealkylation sites (tertiary alicyclic amines) is 1. The van der Waals surface area contributed by atoms with E-state index >= 15 is 0 Å². The first kappa shape index (κ1) is 14.1. The Hall–Kier alpha value is -1.30. The molecule has 0 spiro atoms. The summed E-state index contributed by atoms with van der Waals surface area (Å²) in [5, 5.41) is 3.00. The maximum Gasteiger partial charge on any atom is 0.224 e. The minimum Gasteiger partial charge on any atom is -0.397 e. The van der Waals surface area contributed by atoms with Crippen LogP contribution >= 0.6 is 15.9 Å². The first-order valence-electron chi connectivity index (χ1n) is 6.34. The average molecular weight is 330 g/mol. The third-order valence-corrected chi connectivity index (χ3v) is 3.81. The van der Waals surface area contributed by atoms with Crippen LogP contribution in [0, 0.1) is 5.82 Å². The van der Waals surface area contributed by atoms with Crippen molar-refractivity contribution in [3.63, 3.8) is 0 Å². The Kier molecular flexibility index (Phi) is 4.63. The molecule has 1 fully saturated rings. The lowest BCUT2D eigenvalue weighted by Crippen LogP contribution is -2.29. The predicted molar refractivity (Wildman–Crippen MR) is 77.4 cm³/mol. The number of hydrogen-bond donors (Lipinski definition) is 2. The number of nitrogens with two attached hydrogens (primary N) is 1. The molecule has 0 atom stereocenters. The van der Waals surface area contributed by atoms with Gasteiger partial charge in [-0.2, -0.15) is 0 Å². The minimum absolute atomic E-state index is 0.140. The number of rotatable bonds is 4. The normalized spacial score (nSPS) is 14.7. The zero-order valence-electron chi connectivity index (χ0n) is 10.6. The van der Waals surface area contributed by atoms with Gasteiger partial charge < -0.3 is 16.0 Å². The summed E-state index contributed by atoms with van der Waals surface area (Å²) in [6, 6.07) is 2.85. The van der Waals surface area contributed by atoms with Crippen LogP contribution in [0.1, 0.15) is 19.3 Å². The molecular formula is C13H17BrFN3O. The molecule has 0 aliphatic carbocycles. The van der Waals surface area contributed by atoms with Gasteiger partial charge in [0.1, 0.15) is 5.82 Å². The monoisotopic (exact) mass is 329 g/mol. The van der Waals surface area contributed by atoms with Gasteiger partial charge in [-0.3, -0.25) is 4.79 Å². The molecule has 0 radical (unpaired) electrons. The quantitative estimate of drug-likeness (QED) is 0.835. The Morgan fingerprint density at radius 1 is 1.42 bits per heavy atom. The molecule has 0 unspecified atom stereocenters.